The second kappa shape index (κ2) is 8.17. The molecule has 1 aliphatic rings. The fraction of sp³-hybridized carbons (Fsp3) is 0.538. The molecule has 108 valence electrons. The molecule has 6 heteroatoms. The summed E-state index contributed by atoms with van der Waals surface area (Å²) >= 11 is 3.32. The van der Waals surface area contributed by atoms with Crippen LogP contribution in [0.3, 0.4) is 0 Å². The normalized spacial score (nSPS) is 17.8. The van der Waals surface area contributed by atoms with Crippen LogP contribution in [-0.4, -0.2) is 42.8 Å². The van der Waals surface area contributed by atoms with Crippen molar-refractivity contribution < 1.29 is 9.50 Å². The van der Waals surface area contributed by atoms with Crippen molar-refractivity contribution in [2.45, 2.75) is 12.5 Å². The average molecular weight is 354 g/mol. The van der Waals surface area contributed by atoms with Gasteiger partial charge in [-0.2, -0.15) is 0 Å². The van der Waals surface area contributed by atoms with E-state index in [1.165, 1.54) is 6.07 Å². The van der Waals surface area contributed by atoms with Crippen molar-refractivity contribution in [3.8, 4) is 0 Å². The fourth-order valence-corrected chi connectivity index (χ4v) is 2.93. The van der Waals surface area contributed by atoms with Gasteiger partial charge in [0.1, 0.15) is 5.82 Å². The van der Waals surface area contributed by atoms with Crippen molar-refractivity contribution in [3.05, 3.63) is 34.1 Å². The largest absolute Gasteiger partial charge is 0.396 e. The lowest BCUT2D eigenvalue weighted by atomic mass is 10.0. The molecule has 1 aromatic carbocycles. The van der Waals surface area contributed by atoms with Gasteiger partial charge in [-0.15, -0.1) is 12.4 Å². The smallest absolute Gasteiger partial charge is 0.124 e. The summed E-state index contributed by atoms with van der Waals surface area (Å²) in [4.78, 5) is 2.30. The zero-order valence-corrected chi connectivity index (χ0v) is 13.0. The van der Waals surface area contributed by atoms with Crippen molar-refractivity contribution in [2.24, 2.45) is 0 Å². The highest BCUT2D eigenvalue weighted by atomic mass is 79.9. The first kappa shape index (κ1) is 16.9. The molecule has 1 aromatic rings. The summed E-state index contributed by atoms with van der Waals surface area (Å²) in [5.74, 6) is -0.238. The third kappa shape index (κ3) is 4.68. The Labute approximate surface area is 127 Å². The van der Waals surface area contributed by atoms with Crippen molar-refractivity contribution >= 4 is 28.3 Å². The Morgan fingerprint density at radius 3 is 2.58 bits per heavy atom. The molecule has 0 saturated carbocycles. The van der Waals surface area contributed by atoms with Crippen LogP contribution in [0.5, 0.6) is 0 Å². The molecule has 1 fully saturated rings. The van der Waals surface area contributed by atoms with E-state index in [-0.39, 0.29) is 30.9 Å². The Bertz CT molecular complexity index is 382. The van der Waals surface area contributed by atoms with Gasteiger partial charge in [-0.3, -0.25) is 4.90 Å². The number of hydrogen-bond donors (Lipinski definition) is 2. The lowest BCUT2D eigenvalue weighted by Gasteiger charge is -2.35. The molecule has 0 spiro atoms. The predicted molar refractivity (Wildman–Crippen MR) is 80.2 cm³/mol. The molecule has 0 amide bonds. The minimum absolute atomic E-state index is 0. The van der Waals surface area contributed by atoms with E-state index in [2.05, 4.69) is 26.1 Å². The molecule has 1 atom stereocenters. The van der Waals surface area contributed by atoms with E-state index < -0.39 is 0 Å². The molecule has 1 heterocycles. The van der Waals surface area contributed by atoms with E-state index in [0.29, 0.717) is 6.42 Å². The second-order valence-corrected chi connectivity index (χ2v) is 5.43. The SMILES string of the molecule is Cl.OCC[C@H](c1cc(F)cc(Br)c1)N1CCNCC1. The van der Waals surface area contributed by atoms with Gasteiger partial charge in [-0.05, 0) is 30.2 Å². The predicted octanol–water partition coefficient (Wildman–Crippen LogP) is 2.34. The molecule has 0 unspecified atom stereocenters. The van der Waals surface area contributed by atoms with Gasteiger partial charge < -0.3 is 10.4 Å². The number of nitrogens with zero attached hydrogens (tertiary/aromatic N) is 1. The number of piperazine rings is 1. The number of benzene rings is 1. The molecule has 0 aliphatic carbocycles. The summed E-state index contributed by atoms with van der Waals surface area (Å²) in [5.41, 5.74) is 0.929. The molecule has 19 heavy (non-hydrogen) atoms. The topological polar surface area (TPSA) is 35.5 Å². The first-order valence-electron chi connectivity index (χ1n) is 6.22. The number of nitrogens with one attached hydrogen (secondary N) is 1. The van der Waals surface area contributed by atoms with Crippen molar-refractivity contribution in [1.29, 1.82) is 0 Å². The van der Waals surface area contributed by atoms with Crippen LogP contribution >= 0.6 is 28.3 Å². The quantitative estimate of drug-likeness (QED) is 0.872. The molecule has 0 radical (unpaired) electrons. The highest BCUT2D eigenvalue weighted by molar-refractivity contribution is 9.10. The standard InChI is InChI=1S/C13H18BrFN2O.ClH/c14-11-7-10(8-12(15)9-11)13(1-6-18)17-4-2-16-3-5-17;/h7-9,13,16,18H,1-6H2;1H/t13-;/m1./s1. The van der Waals surface area contributed by atoms with E-state index >= 15 is 0 Å². The zero-order chi connectivity index (χ0) is 13.0. The van der Waals surface area contributed by atoms with Crippen LogP contribution < -0.4 is 5.32 Å². The summed E-state index contributed by atoms with van der Waals surface area (Å²) in [7, 11) is 0. The third-order valence-corrected chi connectivity index (χ3v) is 3.72. The van der Waals surface area contributed by atoms with Gasteiger partial charge in [-0.25, -0.2) is 4.39 Å². The maximum atomic E-state index is 13.5. The monoisotopic (exact) mass is 352 g/mol. The Hall–Kier alpha value is -0.200. The van der Waals surface area contributed by atoms with Crippen LogP contribution in [0.2, 0.25) is 0 Å². The third-order valence-electron chi connectivity index (χ3n) is 3.26. The summed E-state index contributed by atoms with van der Waals surface area (Å²) in [6.07, 6.45) is 0.635. The maximum absolute atomic E-state index is 13.5. The molecule has 1 aliphatic heterocycles. The van der Waals surface area contributed by atoms with Gasteiger partial charge in [0.15, 0.2) is 0 Å². The van der Waals surface area contributed by atoms with E-state index in [9.17, 15) is 9.50 Å². The fourth-order valence-electron chi connectivity index (χ4n) is 2.44. The first-order chi connectivity index (χ1) is 8.70. The molecular weight excluding hydrogens is 335 g/mol. The van der Waals surface area contributed by atoms with Crippen LogP contribution in [0.25, 0.3) is 0 Å². The Kier molecular flexibility index (Phi) is 7.25. The Balaban J connectivity index is 0.00000180. The van der Waals surface area contributed by atoms with Crippen LogP contribution in [-0.2, 0) is 0 Å². The molecule has 0 bridgehead atoms. The van der Waals surface area contributed by atoms with E-state index in [0.717, 1.165) is 36.2 Å². The van der Waals surface area contributed by atoms with Gasteiger partial charge >= 0.3 is 0 Å². The summed E-state index contributed by atoms with van der Waals surface area (Å²) in [5, 5.41) is 12.5. The summed E-state index contributed by atoms with van der Waals surface area (Å²) in [6, 6.07) is 5.04. The van der Waals surface area contributed by atoms with Crippen molar-refractivity contribution in [3.63, 3.8) is 0 Å². The lowest BCUT2D eigenvalue weighted by Crippen LogP contribution is -2.45. The molecule has 3 nitrogen and oxygen atoms in total. The zero-order valence-electron chi connectivity index (χ0n) is 10.6. The van der Waals surface area contributed by atoms with Crippen LogP contribution in [0.4, 0.5) is 4.39 Å². The number of halogens is 3. The minimum atomic E-state index is -0.238. The summed E-state index contributed by atoms with van der Waals surface area (Å²) in [6.45, 7) is 3.86. The average Bonchev–Trinajstić information content (AvgIpc) is 2.36. The number of rotatable bonds is 4. The summed E-state index contributed by atoms with van der Waals surface area (Å²) < 4.78 is 14.2. The van der Waals surface area contributed by atoms with Crippen LogP contribution in [0, 0.1) is 5.82 Å². The number of aliphatic hydroxyl groups excluding tert-OH is 1. The first-order valence-corrected chi connectivity index (χ1v) is 7.01. The van der Waals surface area contributed by atoms with Crippen molar-refractivity contribution in [1.82, 2.24) is 10.2 Å². The minimum Gasteiger partial charge on any atom is -0.396 e. The highest BCUT2D eigenvalue weighted by Crippen LogP contribution is 2.27. The Morgan fingerprint density at radius 1 is 1.32 bits per heavy atom. The molecule has 2 rings (SSSR count). The molecule has 1 saturated heterocycles. The van der Waals surface area contributed by atoms with Gasteiger partial charge in [0.2, 0.25) is 0 Å². The van der Waals surface area contributed by atoms with Crippen LogP contribution in [0.15, 0.2) is 22.7 Å². The van der Waals surface area contributed by atoms with E-state index in [1.807, 2.05) is 6.07 Å². The maximum Gasteiger partial charge on any atom is 0.124 e. The Morgan fingerprint density at radius 2 is 2.00 bits per heavy atom. The molecule has 0 aromatic heterocycles. The van der Waals surface area contributed by atoms with E-state index in [1.54, 1.807) is 6.07 Å². The van der Waals surface area contributed by atoms with Gasteiger partial charge in [0.05, 0.1) is 0 Å². The van der Waals surface area contributed by atoms with Crippen molar-refractivity contribution in [2.75, 3.05) is 32.8 Å². The number of aliphatic hydroxyl groups is 1. The van der Waals surface area contributed by atoms with Gasteiger partial charge in [-0.1, -0.05) is 15.9 Å². The lowest BCUT2D eigenvalue weighted by molar-refractivity contribution is 0.141. The van der Waals surface area contributed by atoms with Crippen LogP contribution in [0.1, 0.15) is 18.0 Å². The highest BCUT2D eigenvalue weighted by Gasteiger charge is 2.22. The van der Waals surface area contributed by atoms with E-state index in [4.69, 9.17) is 0 Å². The second-order valence-electron chi connectivity index (χ2n) is 4.52. The number of hydrogen-bond acceptors (Lipinski definition) is 3. The molecular formula is C13H19BrClFN2O. The molecule has 2 N–H and O–H groups in total. The van der Waals surface area contributed by atoms with Gasteiger partial charge in [0, 0.05) is 43.3 Å². The van der Waals surface area contributed by atoms with Gasteiger partial charge in [0.25, 0.3) is 0 Å².